The van der Waals surface area contributed by atoms with E-state index < -0.39 is 11.7 Å². The molecule has 5 nitrogen and oxygen atoms in total. The molecular formula is C11H12IN3O2. The van der Waals surface area contributed by atoms with E-state index in [0.29, 0.717) is 11.4 Å². The van der Waals surface area contributed by atoms with Gasteiger partial charge in [0.05, 0.1) is 11.9 Å². The summed E-state index contributed by atoms with van der Waals surface area (Å²) in [7, 11) is 0. The van der Waals surface area contributed by atoms with Gasteiger partial charge in [0.15, 0.2) is 0 Å². The summed E-state index contributed by atoms with van der Waals surface area (Å²) < 4.78 is 5.84. The van der Waals surface area contributed by atoms with Crippen molar-refractivity contribution in [1.82, 2.24) is 4.98 Å². The lowest BCUT2D eigenvalue weighted by Crippen LogP contribution is -2.27. The Morgan fingerprint density at radius 3 is 2.71 bits per heavy atom. The van der Waals surface area contributed by atoms with Gasteiger partial charge in [-0.15, -0.1) is 0 Å². The molecule has 17 heavy (non-hydrogen) atoms. The van der Waals surface area contributed by atoms with E-state index in [1.807, 2.05) is 28.7 Å². The summed E-state index contributed by atoms with van der Waals surface area (Å²) >= 11 is 2.02. The van der Waals surface area contributed by atoms with Crippen LogP contribution in [0.15, 0.2) is 12.3 Å². The topological polar surface area (TPSA) is 75.0 Å². The van der Waals surface area contributed by atoms with Gasteiger partial charge < -0.3 is 4.74 Å². The summed E-state index contributed by atoms with van der Waals surface area (Å²) in [5.74, 6) is 0. The number of halogens is 1. The summed E-state index contributed by atoms with van der Waals surface area (Å²) in [6.45, 7) is 5.36. The van der Waals surface area contributed by atoms with E-state index in [-0.39, 0.29) is 0 Å². The fourth-order valence-corrected chi connectivity index (χ4v) is 1.57. The molecule has 1 amide bonds. The Morgan fingerprint density at radius 2 is 2.24 bits per heavy atom. The number of nitriles is 1. The minimum atomic E-state index is -0.546. The standard InChI is InChI=1S/C11H12IN3O2/c1-11(2,3)17-10(16)15-9-6-14-7(5-13)4-8(9)12/h4,6H,1-3H3,(H,15,16). The van der Waals surface area contributed by atoms with E-state index in [1.54, 1.807) is 26.8 Å². The van der Waals surface area contributed by atoms with Crippen LogP contribution in [0.3, 0.4) is 0 Å². The first-order chi connectivity index (χ1) is 7.81. The normalized spacial score (nSPS) is 10.5. The molecule has 0 atom stereocenters. The van der Waals surface area contributed by atoms with E-state index in [2.05, 4.69) is 10.3 Å². The fourth-order valence-electron chi connectivity index (χ4n) is 0.998. The maximum atomic E-state index is 11.5. The minimum Gasteiger partial charge on any atom is -0.444 e. The molecule has 1 aromatic heterocycles. The second-order valence-electron chi connectivity index (χ2n) is 4.29. The van der Waals surface area contributed by atoms with E-state index in [1.165, 1.54) is 6.20 Å². The molecule has 0 unspecified atom stereocenters. The number of rotatable bonds is 1. The number of carbonyl (C=O) groups is 1. The van der Waals surface area contributed by atoms with Gasteiger partial charge >= 0.3 is 6.09 Å². The fraction of sp³-hybridized carbons (Fsp3) is 0.364. The van der Waals surface area contributed by atoms with Crippen molar-refractivity contribution < 1.29 is 9.53 Å². The number of ether oxygens (including phenoxy) is 1. The molecule has 0 radical (unpaired) electrons. The van der Waals surface area contributed by atoms with Gasteiger partial charge in [-0.25, -0.2) is 9.78 Å². The third-order valence-corrected chi connectivity index (χ3v) is 2.50. The van der Waals surface area contributed by atoms with Crippen molar-refractivity contribution in [2.24, 2.45) is 0 Å². The molecule has 0 saturated heterocycles. The third-order valence-electron chi connectivity index (χ3n) is 1.60. The van der Waals surface area contributed by atoms with Crippen LogP contribution in [0.1, 0.15) is 26.5 Å². The summed E-state index contributed by atoms with van der Waals surface area (Å²) in [5, 5.41) is 11.2. The van der Waals surface area contributed by atoms with Crippen molar-refractivity contribution in [3.8, 4) is 6.07 Å². The van der Waals surface area contributed by atoms with E-state index in [4.69, 9.17) is 10.00 Å². The highest BCUT2D eigenvalue weighted by atomic mass is 127. The average Bonchev–Trinajstić information content (AvgIpc) is 2.18. The molecule has 0 aromatic carbocycles. The van der Waals surface area contributed by atoms with Gasteiger partial charge in [0.1, 0.15) is 17.4 Å². The first kappa shape index (κ1) is 13.7. The molecule has 6 heteroatoms. The number of hydrogen-bond acceptors (Lipinski definition) is 4. The molecule has 90 valence electrons. The predicted molar refractivity (Wildman–Crippen MR) is 71.5 cm³/mol. The van der Waals surface area contributed by atoms with Gasteiger partial charge in [0, 0.05) is 3.57 Å². The molecule has 0 bridgehead atoms. The molecule has 0 fully saturated rings. The van der Waals surface area contributed by atoms with Gasteiger partial charge in [-0.2, -0.15) is 5.26 Å². The highest BCUT2D eigenvalue weighted by molar-refractivity contribution is 14.1. The molecule has 1 heterocycles. The third kappa shape index (κ3) is 4.56. The van der Waals surface area contributed by atoms with Crippen molar-refractivity contribution in [2.45, 2.75) is 26.4 Å². The Labute approximate surface area is 113 Å². The molecule has 1 N–H and O–H groups in total. The van der Waals surface area contributed by atoms with Crippen molar-refractivity contribution >= 4 is 34.4 Å². The maximum absolute atomic E-state index is 11.5. The van der Waals surface area contributed by atoms with Crippen LogP contribution in [-0.4, -0.2) is 16.7 Å². The number of carbonyl (C=O) groups excluding carboxylic acids is 1. The van der Waals surface area contributed by atoms with Crippen LogP contribution in [0, 0.1) is 14.9 Å². The van der Waals surface area contributed by atoms with Crippen molar-refractivity contribution in [1.29, 1.82) is 5.26 Å². The van der Waals surface area contributed by atoms with Crippen LogP contribution in [0.5, 0.6) is 0 Å². The first-order valence-electron chi connectivity index (χ1n) is 4.87. The van der Waals surface area contributed by atoms with E-state index in [9.17, 15) is 4.79 Å². The second-order valence-corrected chi connectivity index (χ2v) is 5.45. The Balaban J connectivity index is 2.76. The van der Waals surface area contributed by atoms with Crippen LogP contribution in [0.2, 0.25) is 0 Å². The summed E-state index contributed by atoms with van der Waals surface area (Å²) in [4.78, 5) is 15.4. The molecule has 0 aliphatic rings. The molecule has 1 aromatic rings. The number of pyridine rings is 1. The number of nitrogens with one attached hydrogen (secondary N) is 1. The van der Waals surface area contributed by atoms with Gasteiger partial charge in [-0.1, -0.05) is 0 Å². The lowest BCUT2D eigenvalue weighted by atomic mass is 10.2. The zero-order valence-corrected chi connectivity index (χ0v) is 11.9. The lowest BCUT2D eigenvalue weighted by molar-refractivity contribution is 0.0636. The number of hydrogen-bond donors (Lipinski definition) is 1. The highest BCUT2D eigenvalue weighted by Gasteiger charge is 2.17. The molecule has 0 aliphatic heterocycles. The SMILES string of the molecule is CC(C)(C)OC(=O)Nc1cnc(C#N)cc1I. The van der Waals surface area contributed by atoms with Crippen LogP contribution < -0.4 is 5.32 Å². The Bertz CT molecular complexity index is 475. The van der Waals surface area contributed by atoms with Crippen LogP contribution in [0.25, 0.3) is 0 Å². The van der Waals surface area contributed by atoms with Crippen molar-refractivity contribution in [3.05, 3.63) is 21.5 Å². The molecule has 0 aliphatic carbocycles. The van der Waals surface area contributed by atoms with Crippen LogP contribution in [0.4, 0.5) is 10.5 Å². The van der Waals surface area contributed by atoms with E-state index in [0.717, 1.165) is 3.57 Å². The lowest BCUT2D eigenvalue weighted by Gasteiger charge is -2.19. The largest absolute Gasteiger partial charge is 0.444 e. The second kappa shape index (κ2) is 5.31. The summed E-state index contributed by atoms with van der Waals surface area (Å²) in [6.07, 6.45) is 0.895. The zero-order chi connectivity index (χ0) is 13.1. The number of aromatic nitrogens is 1. The van der Waals surface area contributed by atoms with Gasteiger partial charge in [0.2, 0.25) is 0 Å². The van der Waals surface area contributed by atoms with Crippen LogP contribution >= 0.6 is 22.6 Å². The Morgan fingerprint density at radius 1 is 1.59 bits per heavy atom. The smallest absolute Gasteiger partial charge is 0.412 e. The molecule has 0 spiro atoms. The van der Waals surface area contributed by atoms with Gasteiger partial charge in [0.25, 0.3) is 0 Å². The minimum absolute atomic E-state index is 0.309. The van der Waals surface area contributed by atoms with Crippen molar-refractivity contribution in [3.63, 3.8) is 0 Å². The number of nitrogens with zero attached hydrogens (tertiary/aromatic N) is 2. The molecule has 0 saturated carbocycles. The monoisotopic (exact) mass is 345 g/mol. The van der Waals surface area contributed by atoms with Gasteiger partial charge in [-0.05, 0) is 49.4 Å². The van der Waals surface area contributed by atoms with Gasteiger partial charge in [-0.3, -0.25) is 5.32 Å². The molecule has 1 rings (SSSR count). The first-order valence-corrected chi connectivity index (χ1v) is 5.95. The average molecular weight is 345 g/mol. The highest BCUT2D eigenvalue weighted by Crippen LogP contribution is 2.18. The maximum Gasteiger partial charge on any atom is 0.412 e. The zero-order valence-electron chi connectivity index (χ0n) is 9.74. The van der Waals surface area contributed by atoms with E-state index >= 15 is 0 Å². The summed E-state index contributed by atoms with van der Waals surface area (Å²) in [5.41, 5.74) is 0.290. The summed E-state index contributed by atoms with van der Waals surface area (Å²) in [6, 6.07) is 3.52. The Kier molecular flexibility index (Phi) is 4.28. The van der Waals surface area contributed by atoms with Crippen molar-refractivity contribution in [2.75, 3.05) is 5.32 Å². The molecular weight excluding hydrogens is 333 g/mol. The number of anilines is 1. The van der Waals surface area contributed by atoms with Crippen LogP contribution in [-0.2, 0) is 4.74 Å². The number of amides is 1. The Hall–Kier alpha value is -1.36. The predicted octanol–water partition coefficient (Wildman–Crippen LogP) is 2.90. The quantitative estimate of drug-likeness (QED) is 0.794.